The Morgan fingerprint density at radius 1 is 1.35 bits per heavy atom. The van der Waals surface area contributed by atoms with Gasteiger partial charge in [0, 0.05) is 36.2 Å². The molecule has 2 N–H and O–H groups in total. The van der Waals surface area contributed by atoms with Crippen LogP contribution in [0.4, 0.5) is 4.39 Å². The van der Waals surface area contributed by atoms with E-state index in [9.17, 15) is 9.18 Å². The van der Waals surface area contributed by atoms with Crippen molar-refractivity contribution in [2.24, 2.45) is 5.73 Å². The highest BCUT2D eigenvalue weighted by Gasteiger charge is 2.24. The highest BCUT2D eigenvalue weighted by molar-refractivity contribution is 7.99. The Labute approximate surface area is 123 Å². The van der Waals surface area contributed by atoms with Gasteiger partial charge in [-0.15, -0.1) is 11.8 Å². The van der Waals surface area contributed by atoms with Crippen LogP contribution in [-0.4, -0.2) is 35.7 Å². The summed E-state index contributed by atoms with van der Waals surface area (Å²) in [5.74, 6) is 0.678. The van der Waals surface area contributed by atoms with Crippen LogP contribution in [0, 0.1) is 5.82 Å². The molecule has 1 saturated heterocycles. The molecule has 1 aromatic rings. The number of amides is 1. The third-order valence-corrected chi connectivity index (χ3v) is 4.63. The Kier molecular flexibility index (Phi) is 5.86. The van der Waals surface area contributed by atoms with Gasteiger partial charge >= 0.3 is 0 Å². The normalized spacial score (nSPS) is 19.1. The summed E-state index contributed by atoms with van der Waals surface area (Å²) in [6.45, 7) is 1.39. The van der Waals surface area contributed by atoms with Gasteiger partial charge in [0.25, 0.3) is 0 Å². The molecule has 0 spiro atoms. The zero-order valence-corrected chi connectivity index (χ0v) is 12.4. The predicted octanol–water partition coefficient (Wildman–Crippen LogP) is 2.65. The van der Waals surface area contributed by atoms with E-state index in [-0.39, 0.29) is 17.8 Å². The van der Waals surface area contributed by atoms with E-state index in [4.69, 9.17) is 5.73 Å². The standard InChI is InChI=1S/C15H21FN2OS/c16-12-4-6-14(7-5-12)20-10-8-15(19)18-9-2-1-3-13(18)11-17/h4-7,13H,1-3,8-11,17H2. The van der Waals surface area contributed by atoms with E-state index in [0.29, 0.717) is 13.0 Å². The lowest BCUT2D eigenvalue weighted by Crippen LogP contribution is -2.47. The minimum absolute atomic E-state index is 0.190. The topological polar surface area (TPSA) is 46.3 Å². The number of thioether (sulfide) groups is 1. The third-order valence-electron chi connectivity index (χ3n) is 3.62. The first-order chi connectivity index (χ1) is 9.70. The molecule has 3 nitrogen and oxygen atoms in total. The van der Waals surface area contributed by atoms with Gasteiger partial charge in [-0.1, -0.05) is 0 Å². The molecule has 1 amide bonds. The van der Waals surface area contributed by atoms with Gasteiger partial charge in [0.05, 0.1) is 0 Å². The van der Waals surface area contributed by atoms with Gasteiger partial charge in [0.1, 0.15) is 5.82 Å². The summed E-state index contributed by atoms with van der Waals surface area (Å²) in [5.41, 5.74) is 5.73. The van der Waals surface area contributed by atoms with Gasteiger partial charge in [-0.3, -0.25) is 4.79 Å². The van der Waals surface area contributed by atoms with E-state index in [1.807, 2.05) is 4.90 Å². The number of nitrogens with zero attached hydrogens (tertiary/aromatic N) is 1. The second-order valence-electron chi connectivity index (χ2n) is 5.02. The van der Waals surface area contributed by atoms with E-state index in [1.54, 1.807) is 23.9 Å². The summed E-state index contributed by atoms with van der Waals surface area (Å²) in [5, 5.41) is 0. The molecule has 1 fully saturated rings. The number of hydrogen-bond donors (Lipinski definition) is 1. The van der Waals surface area contributed by atoms with Crippen molar-refractivity contribution in [2.75, 3.05) is 18.8 Å². The second-order valence-corrected chi connectivity index (χ2v) is 6.19. The molecule has 2 rings (SSSR count). The molecule has 0 saturated carbocycles. The number of rotatable bonds is 5. The summed E-state index contributed by atoms with van der Waals surface area (Å²) in [6, 6.07) is 6.59. The largest absolute Gasteiger partial charge is 0.338 e. The van der Waals surface area contributed by atoms with Crippen LogP contribution in [0.15, 0.2) is 29.2 Å². The summed E-state index contributed by atoms with van der Waals surface area (Å²) < 4.78 is 12.8. The minimum Gasteiger partial charge on any atom is -0.338 e. The fourth-order valence-electron chi connectivity index (χ4n) is 2.50. The van der Waals surface area contributed by atoms with E-state index >= 15 is 0 Å². The second kappa shape index (κ2) is 7.64. The van der Waals surface area contributed by atoms with Crippen LogP contribution in [0.5, 0.6) is 0 Å². The number of likely N-dealkylation sites (tertiary alicyclic amines) is 1. The molecule has 5 heteroatoms. The van der Waals surface area contributed by atoms with Gasteiger partial charge in [0.15, 0.2) is 0 Å². The van der Waals surface area contributed by atoms with Gasteiger partial charge in [-0.25, -0.2) is 4.39 Å². The number of benzene rings is 1. The first kappa shape index (κ1) is 15.3. The quantitative estimate of drug-likeness (QED) is 0.850. The molecular formula is C15H21FN2OS. The number of hydrogen-bond acceptors (Lipinski definition) is 3. The average molecular weight is 296 g/mol. The van der Waals surface area contributed by atoms with Gasteiger partial charge in [0.2, 0.25) is 5.91 Å². The smallest absolute Gasteiger partial charge is 0.223 e. The number of piperidine rings is 1. The highest BCUT2D eigenvalue weighted by atomic mass is 32.2. The molecule has 0 aromatic heterocycles. The Morgan fingerprint density at radius 2 is 2.10 bits per heavy atom. The lowest BCUT2D eigenvalue weighted by Gasteiger charge is -2.35. The molecule has 1 aliphatic rings. The molecule has 0 radical (unpaired) electrons. The lowest BCUT2D eigenvalue weighted by atomic mass is 10.0. The lowest BCUT2D eigenvalue weighted by molar-refractivity contribution is -0.134. The van der Waals surface area contributed by atoms with Gasteiger partial charge < -0.3 is 10.6 Å². The van der Waals surface area contributed by atoms with Crippen LogP contribution in [-0.2, 0) is 4.79 Å². The fourth-order valence-corrected chi connectivity index (χ4v) is 3.35. The fraction of sp³-hybridized carbons (Fsp3) is 0.533. The van der Waals surface area contributed by atoms with Crippen molar-refractivity contribution >= 4 is 17.7 Å². The minimum atomic E-state index is -0.232. The van der Waals surface area contributed by atoms with Crippen LogP contribution in [0.25, 0.3) is 0 Å². The predicted molar refractivity (Wildman–Crippen MR) is 80.1 cm³/mol. The number of halogens is 1. The maximum absolute atomic E-state index is 12.8. The molecule has 1 unspecified atom stereocenters. The molecule has 20 heavy (non-hydrogen) atoms. The Morgan fingerprint density at radius 3 is 2.80 bits per heavy atom. The summed E-state index contributed by atoms with van der Waals surface area (Å²) >= 11 is 1.58. The van der Waals surface area contributed by atoms with Crippen LogP contribution >= 0.6 is 11.8 Å². The molecular weight excluding hydrogens is 275 g/mol. The van der Waals surface area contributed by atoms with Crippen molar-refractivity contribution in [3.63, 3.8) is 0 Å². The Balaban J connectivity index is 1.78. The summed E-state index contributed by atoms with van der Waals surface area (Å²) in [7, 11) is 0. The number of nitrogens with two attached hydrogens (primary N) is 1. The van der Waals surface area contributed by atoms with Crippen LogP contribution in [0.3, 0.4) is 0 Å². The van der Waals surface area contributed by atoms with E-state index in [0.717, 1.165) is 36.5 Å². The van der Waals surface area contributed by atoms with Crippen molar-refractivity contribution in [3.05, 3.63) is 30.1 Å². The summed E-state index contributed by atoms with van der Waals surface area (Å²) in [4.78, 5) is 15.1. The van der Waals surface area contributed by atoms with Crippen molar-refractivity contribution in [1.82, 2.24) is 4.90 Å². The van der Waals surface area contributed by atoms with Crippen molar-refractivity contribution in [3.8, 4) is 0 Å². The molecule has 0 bridgehead atoms. The number of carbonyl (C=O) groups is 1. The van der Waals surface area contributed by atoms with Gasteiger partial charge in [-0.2, -0.15) is 0 Å². The van der Waals surface area contributed by atoms with Crippen LogP contribution < -0.4 is 5.73 Å². The van der Waals surface area contributed by atoms with Crippen LogP contribution in [0.2, 0.25) is 0 Å². The Bertz CT molecular complexity index is 438. The first-order valence-corrected chi connectivity index (χ1v) is 8.07. The molecule has 1 heterocycles. The maximum Gasteiger partial charge on any atom is 0.223 e. The zero-order valence-electron chi connectivity index (χ0n) is 11.6. The molecule has 1 aliphatic heterocycles. The summed E-state index contributed by atoms with van der Waals surface area (Å²) in [6.07, 6.45) is 3.77. The van der Waals surface area contributed by atoms with Crippen LogP contribution in [0.1, 0.15) is 25.7 Å². The van der Waals surface area contributed by atoms with Crippen molar-refractivity contribution in [2.45, 2.75) is 36.6 Å². The maximum atomic E-state index is 12.8. The third kappa shape index (κ3) is 4.21. The van der Waals surface area contributed by atoms with Crippen molar-refractivity contribution in [1.29, 1.82) is 0 Å². The molecule has 1 aromatic carbocycles. The van der Waals surface area contributed by atoms with Crippen molar-refractivity contribution < 1.29 is 9.18 Å². The van der Waals surface area contributed by atoms with E-state index < -0.39 is 0 Å². The average Bonchev–Trinajstić information content (AvgIpc) is 2.49. The monoisotopic (exact) mass is 296 g/mol. The highest BCUT2D eigenvalue weighted by Crippen LogP contribution is 2.21. The molecule has 0 aliphatic carbocycles. The first-order valence-electron chi connectivity index (χ1n) is 7.08. The zero-order chi connectivity index (χ0) is 14.4. The van der Waals surface area contributed by atoms with E-state index in [2.05, 4.69) is 0 Å². The molecule has 1 atom stereocenters. The SMILES string of the molecule is NCC1CCCCN1C(=O)CCSc1ccc(F)cc1. The Hall–Kier alpha value is -1.07. The van der Waals surface area contributed by atoms with Gasteiger partial charge in [-0.05, 0) is 43.5 Å². The number of carbonyl (C=O) groups excluding carboxylic acids is 1. The molecule has 110 valence electrons. The van der Waals surface area contributed by atoms with E-state index in [1.165, 1.54) is 12.1 Å².